The molecular formula is C33H64O6. The number of esters is 2. The molecule has 0 amide bonds. The molecule has 0 aliphatic rings. The van der Waals surface area contributed by atoms with Crippen LogP contribution in [-0.4, -0.2) is 50.1 Å². The highest BCUT2D eigenvalue weighted by Gasteiger charge is 2.14. The second-order valence-electron chi connectivity index (χ2n) is 11.4. The van der Waals surface area contributed by atoms with Gasteiger partial charge in [-0.25, -0.2) is 0 Å². The molecule has 0 spiro atoms. The molecule has 232 valence electrons. The standard InChI is InChI=1S/C33H64O6/c1-6-8-10-12-14-16-18-20-22-24-32(34)38-27-30(4)36-26-29(3)37-28-31(5)39-33(35)25-23-21-19-17-15-13-11-9-7-2/h29-31H,6-28H2,1-5H3. The third-order valence-corrected chi connectivity index (χ3v) is 7.01. The molecule has 0 saturated heterocycles. The van der Waals surface area contributed by atoms with Crippen LogP contribution in [0.25, 0.3) is 0 Å². The molecule has 0 fully saturated rings. The molecule has 0 radical (unpaired) electrons. The van der Waals surface area contributed by atoms with Crippen LogP contribution >= 0.6 is 0 Å². The van der Waals surface area contributed by atoms with E-state index in [4.69, 9.17) is 18.9 Å². The van der Waals surface area contributed by atoms with Crippen molar-refractivity contribution in [1.29, 1.82) is 0 Å². The van der Waals surface area contributed by atoms with Crippen LogP contribution in [0.2, 0.25) is 0 Å². The molecule has 0 bridgehead atoms. The Balaban J connectivity index is 3.65. The molecule has 0 aromatic rings. The first-order valence-corrected chi connectivity index (χ1v) is 16.5. The van der Waals surface area contributed by atoms with Crippen LogP contribution in [0.1, 0.15) is 163 Å². The number of unbranched alkanes of at least 4 members (excludes halogenated alkanes) is 16. The molecule has 3 unspecified atom stereocenters. The summed E-state index contributed by atoms with van der Waals surface area (Å²) in [5.41, 5.74) is 0. The maximum absolute atomic E-state index is 12.1. The number of hydrogen-bond donors (Lipinski definition) is 0. The zero-order valence-corrected chi connectivity index (χ0v) is 26.4. The van der Waals surface area contributed by atoms with Gasteiger partial charge >= 0.3 is 11.9 Å². The summed E-state index contributed by atoms with van der Waals surface area (Å²) >= 11 is 0. The maximum Gasteiger partial charge on any atom is 0.306 e. The number of hydrogen-bond acceptors (Lipinski definition) is 6. The van der Waals surface area contributed by atoms with Gasteiger partial charge in [0.05, 0.1) is 25.4 Å². The molecule has 0 N–H and O–H groups in total. The molecule has 6 heteroatoms. The van der Waals surface area contributed by atoms with Crippen molar-refractivity contribution in [2.24, 2.45) is 0 Å². The second kappa shape index (κ2) is 28.4. The molecule has 3 atom stereocenters. The lowest BCUT2D eigenvalue weighted by Crippen LogP contribution is -2.28. The first-order chi connectivity index (χ1) is 18.9. The Bertz CT molecular complexity index is 552. The van der Waals surface area contributed by atoms with E-state index in [1.807, 2.05) is 20.8 Å². The van der Waals surface area contributed by atoms with Crippen LogP contribution < -0.4 is 0 Å². The monoisotopic (exact) mass is 556 g/mol. The summed E-state index contributed by atoms with van der Waals surface area (Å²) < 4.78 is 22.4. The van der Waals surface area contributed by atoms with E-state index in [0.29, 0.717) is 26.1 Å². The van der Waals surface area contributed by atoms with Crippen molar-refractivity contribution in [1.82, 2.24) is 0 Å². The summed E-state index contributed by atoms with van der Waals surface area (Å²) in [4.78, 5) is 24.0. The smallest absolute Gasteiger partial charge is 0.306 e. The van der Waals surface area contributed by atoms with E-state index in [0.717, 1.165) is 25.7 Å². The molecular weight excluding hydrogens is 492 g/mol. The van der Waals surface area contributed by atoms with E-state index in [2.05, 4.69) is 13.8 Å². The zero-order chi connectivity index (χ0) is 29.0. The highest BCUT2D eigenvalue weighted by Crippen LogP contribution is 2.12. The van der Waals surface area contributed by atoms with E-state index in [1.165, 1.54) is 89.9 Å². The molecule has 0 heterocycles. The molecule has 0 rings (SSSR count). The number of rotatable bonds is 29. The Hall–Kier alpha value is -1.14. The predicted octanol–water partition coefficient (Wildman–Crippen LogP) is 9.11. The highest BCUT2D eigenvalue weighted by atomic mass is 16.6. The molecule has 6 nitrogen and oxygen atoms in total. The average Bonchev–Trinajstić information content (AvgIpc) is 2.92. The lowest BCUT2D eigenvalue weighted by Gasteiger charge is -2.20. The molecule has 0 aliphatic carbocycles. The van der Waals surface area contributed by atoms with Crippen molar-refractivity contribution in [2.75, 3.05) is 19.8 Å². The van der Waals surface area contributed by atoms with E-state index in [9.17, 15) is 9.59 Å². The summed E-state index contributed by atoms with van der Waals surface area (Å²) in [5.74, 6) is -0.286. The normalized spacial score (nSPS) is 13.7. The van der Waals surface area contributed by atoms with Gasteiger partial charge in [0, 0.05) is 12.8 Å². The Morgan fingerprint density at radius 2 is 0.821 bits per heavy atom. The Morgan fingerprint density at radius 1 is 0.462 bits per heavy atom. The average molecular weight is 557 g/mol. The lowest BCUT2D eigenvalue weighted by atomic mass is 10.1. The summed E-state index contributed by atoms with van der Waals surface area (Å²) in [7, 11) is 0. The van der Waals surface area contributed by atoms with E-state index < -0.39 is 0 Å². The number of carbonyl (C=O) groups excluding carboxylic acids is 2. The third kappa shape index (κ3) is 28.2. The van der Waals surface area contributed by atoms with Gasteiger partial charge < -0.3 is 18.9 Å². The minimum absolute atomic E-state index is 0.136. The second-order valence-corrected chi connectivity index (χ2v) is 11.4. The van der Waals surface area contributed by atoms with Gasteiger partial charge in [-0.2, -0.15) is 0 Å². The van der Waals surface area contributed by atoms with E-state index >= 15 is 0 Å². The van der Waals surface area contributed by atoms with Gasteiger partial charge in [0.25, 0.3) is 0 Å². The van der Waals surface area contributed by atoms with Gasteiger partial charge in [-0.05, 0) is 33.6 Å². The van der Waals surface area contributed by atoms with Crippen LogP contribution in [-0.2, 0) is 28.5 Å². The minimum atomic E-state index is -0.280. The van der Waals surface area contributed by atoms with Crippen molar-refractivity contribution in [2.45, 2.75) is 181 Å². The SMILES string of the molecule is CCCCCCCCCCCC(=O)OCC(C)OCC(C)OCC(C)OC(=O)CCCCCCCCCCC. The number of ether oxygens (including phenoxy) is 4. The summed E-state index contributed by atoms with van der Waals surface area (Å²) in [6, 6.07) is 0. The first kappa shape index (κ1) is 37.9. The maximum atomic E-state index is 12.1. The Labute approximate surface area is 241 Å². The van der Waals surface area contributed by atoms with Crippen molar-refractivity contribution >= 4 is 11.9 Å². The molecule has 0 saturated carbocycles. The van der Waals surface area contributed by atoms with Gasteiger partial charge in [-0.15, -0.1) is 0 Å². The molecule has 0 aromatic heterocycles. The van der Waals surface area contributed by atoms with Crippen molar-refractivity contribution in [3.05, 3.63) is 0 Å². The molecule has 0 aliphatic heterocycles. The van der Waals surface area contributed by atoms with Crippen molar-refractivity contribution in [3.63, 3.8) is 0 Å². The fourth-order valence-electron chi connectivity index (χ4n) is 4.46. The first-order valence-electron chi connectivity index (χ1n) is 16.5. The summed E-state index contributed by atoms with van der Waals surface area (Å²) in [6.45, 7) is 11.2. The largest absolute Gasteiger partial charge is 0.463 e. The number of carbonyl (C=O) groups is 2. The lowest BCUT2D eigenvalue weighted by molar-refractivity contribution is -0.154. The van der Waals surface area contributed by atoms with E-state index in [-0.39, 0.29) is 36.9 Å². The van der Waals surface area contributed by atoms with Crippen LogP contribution in [0, 0.1) is 0 Å². The fourth-order valence-corrected chi connectivity index (χ4v) is 4.46. The van der Waals surface area contributed by atoms with E-state index in [1.54, 1.807) is 0 Å². The van der Waals surface area contributed by atoms with Crippen LogP contribution in [0.4, 0.5) is 0 Å². The van der Waals surface area contributed by atoms with Gasteiger partial charge in [0.15, 0.2) is 0 Å². The van der Waals surface area contributed by atoms with Crippen molar-refractivity contribution in [3.8, 4) is 0 Å². The van der Waals surface area contributed by atoms with Gasteiger partial charge in [-0.1, -0.05) is 117 Å². The van der Waals surface area contributed by atoms with Crippen LogP contribution in [0.5, 0.6) is 0 Å². The molecule has 0 aromatic carbocycles. The van der Waals surface area contributed by atoms with Gasteiger partial charge in [-0.3, -0.25) is 9.59 Å². The highest BCUT2D eigenvalue weighted by molar-refractivity contribution is 5.69. The Kier molecular flexibility index (Phi) is 27.6. The quantitative estimate of drug-likeness (QED) is 0.0676. The topological polar surface area (TPSA) is 71.1 Å². The predicted molar refractivity (Wildman–Crippen MR) is 161 cm³/mol. The zero-order valence-electron chi connectivity index (χ0n) is 26.4. The van der Waals surface area contributed by atoms with Crippen molar-refractivity contribution < 1.29 is 28.5 Å². The minimum Gasteiger partial charge on any atom is -0.463 e. The van der Waals surface area contributed by atoms with Gasteiger partial charge in [0.2, 0.25) is 0 Å². The van der Waals surface area contributed by atoms with Gasteiger partial charge in [0.1, 0.15) is 12.7 Å². The molecule has 39 heavy (non-hydrogen) atoms. The summed E-state index contributed by atoms with van der Waals surface area (Å²) in [6.07, 6.45) is 22.5. The van der Waals surface area contributed by atoms with Crippen LogP contribution in [0.15, 0.2) is 0 Å². The summed E-state index contributed by atoms with van der Waals surface area (Å²) in [5, 5.41) is 0. The third-order valence-electron chi connectivity index (χ3n) is 7.01. The fraction of sp³-hybridized carbons (Fsp3) is 0.939. The Morgan fingerprint density at radius 3 is 1.28 bits per heavy atom. The van der Waals surface area contributed by atoms with Crippen LogP contribution in [0.3, 0.4) is 0 Å².